The normalized spacial score (nSPS) is 17.7. The first-order valence-electron chi connectivity index (χ1n) is 5.77. The number of hydrogen-bond acceptors (Lipinski definition) is 7. The number of methoxy groups -OCH3 is 1. The van der Waals surface area contributed by atoms with Crippen molar-refractivity contribution >= 4 is 33.3 Å². The smallest absolute Gasteiger partial charge is 0.339 e. The molecule has 1 atom stereocenters. The van der Waals surface area contributed by atoms with E-state index >= 15 is 0 Å². The van der Waals surface area contributed by atoms with E-state index in [0.717, 1.165) is 6.26 Å². The van der Waals surface area contributed by atoms with Gasteiger partial charge in [-0.05, 0) is 17.3 Å². The molecule has 0 bridgehead atoms. The minimum atomic E-state index is -3.61. The maximum absolute atomic E-state index is 11.9. The molecule has 21 heavy (non-hydrogen) atoms. The first kappa shape index (κ1) is 15.6. The average Bonchev–Trinajstić information content (AvgIpc) is 2.82. The first-order chi connectivity index (χ1) is 9.75. The molecule has 1 aromatic carbocycles. The van der Waals surface area contributed by atoms with Gasteiger partial charge in [-0.25, -0.2) is 13.2 Å². The molecule has 0 saturated heterocycles. The molecule has 1 aliphatic rings. The molecule has 1 aliphatic heterocycles. The van der Waals surface area contributed by atoms with Crippen molar-refractivity contribution in [2.24, 2.45) is 5.16 Å². The highest BCUT2D eigenvalue weighted by atomic mass is 35.5. The van der Waals surface area contributed by atoms with Gasteiger partial charge in [-0.15, -0.1) is 0 Å². The van der Waals surface area contributed by atoms with E-state index in [9.17, 15) is 13.2 Å². The average molecular weight is 334 g/mol. The lowest BCUT2D eigenvalue weighted by Crippen LogP contribution is -2.15. The summed E-state index contributed by atoms with van der Waals surface area (Å²) in [6, 6.07) is 2.52. The van der Waals surface area contributed by atoms with Crippen LogP contribution >= 0.6 is 11.6 Å². The van der Waals surface area contributed by atoms with Crippen LogP contribution in [-0.2, 0) is 24.1 Å². The van der Waals surface area contributed by atoms with Crippen molar-refractivity contribution in [2.45, 2.75) is 18.1 Å². The molecule has 114 valence electrons. The zero-order valence-corrected chi connectivity index (χ0v) is 13.0. The van der Waals surface area contributed by atoms with Crippen molar-refractivity contribution in [3.63, 3.8) is 0 Å². The molecule has 0 fully saturated rings. The summed E-state index contributed by atoms with van der Waals surface area (Å²) in [6.07, 6.45) is 0.338. The van der Waals surface area contributed by atoms with Gasteiger partial charge in [-0.3, -0.25) is 0 Å². The molecule has 0 amide bonds. The lowest BCUT2D eigenvalue weighted by Gasteiger charge is -2.12. The third-order valence-electron chi connectivity index (χ3n) is 2.68. The molecule has 0 spiro atoms. The van der Waals surface area contributed by atoms with Gasteiger partial charge in [0.15, 0.2) is 9.84 Å². The molecule has 0 saturated carbocycles. The summed E-state index contributed by atoms with van der Waals surface area (Å²) in [4.78, 5) is 16.4. The van der Waals surface area contributed by atoms with E-state index in [1.807, 2.05) is 0 Å². The predicted molar refractivity (Wildman–Crippen MR) is 74.1 cm³/mol. The molecular formula is C12H12ClNO6S. The molecule has 2 rings (SSSR count). The largest absolute Gasteiger partial charge is 0.465 e. The molecule has 0 radical (unpaired) electrons. The Hall–Kier alpha value is -1.80. The van der Waals surface area contributed by atoms with E-state index < -0.39 is 22.1 Å². The van der Waals surface area contributed by atoms with Crippen molar-refractivity contribution in [3.05, 3.63) is 28.3 Å². The molecule has 1 heterocycles. The van der Waals surface area contributed by atoms with Gasteiger partial charge in [0.05, 0.1) is 28.2 Å². The monoisotopic (exact) mass is 333 g/mol. The van der Waals surface area contributed by atoms with E-state index in [0.29, 0.717) is 0 Å². The van der Waals surface area contributed by atoms with E-state index in [1.54, 1.807) is 6.92 Å². The number of hydrogen-bond donors (Lipinski definition) is 0. The van der Waals surface area contributed by atoms with Crippen LogP contribution in [0.15, 0.2) is 22.2 Å². The number of ether oxygens (including phenoxy) is 2. The molecule has 9 heteroatoms. The fraction of sp³-hybridized carbons (Fsp3) is 0.333. The van der Waals surface area contributed by atoms with Crippen molar-refractivity contribution in [2.75, 3.05) is 13.4 Å². The van der Waals surface area contributed by atoms with Gasteiger partial charge in [-0.1, -0.05) is 11.6 Å². The van der Waals surface area contributed by atoms with Crippen LogP contribution in [0.1, 0.15) is 22.8 Å². The molecule has 7 nitrogen and oxygen atoms in total. The maximum atomic E-state index is 11.9. The predicted octanol–water partition coefficient (Wildman–Crippen LogP) is 1.58. The van der Waals surface area contributed by atoms with E-state index in [-0.39, 0.29) is 26.9 Å². The molecule has 0 aromatic heterocycles. The Morgan fingerprint density at radius 3 is 2.57 bits per heavy atom. The Morgan fingerprint density at radius 2 is 2.10 bits per heavy atom. The number of oxime groups is 1. The minimum Gasteiger partial charge on any atom is -0.465 e. The Balaban J connectivity index is 2.71. The highest BCUT2D eigenvalue weighted by Crippen LogP contribution is 2.31. The van der Waals surface area contributed by atoms with Crippen molar-refractivity contribution in [1.29, 1.82) is 0 Å². The zero-order chi connectivity index (χ0) is 15.8. The van der Waals surface area contributed by atoms with Crippen LogP contribution in [0, 0.1) is 0 Å². The van der Waals surface area contributed by atoms with Crippen molar-refractivity contribution in [3.8, 4) is 0 Å². The fourth-order valence-electron chi connectivity index (χ4n) is 1.76. The van der Waals surface area contributed by atoms with Gasteiger partial charge in [0.1, 0.15) is 0 Å². The number of carbonyl (C=O) groups is 1. The lowest BCUT2D eigenvalue weighted by molar-refractivity contribution is -0.0318. The Morgan fingerprint density at radius 1 is 1.43 bits per heavy atom. The second-order valence-electron chi connectivity index (χ2n) is 4.25. The number of esters is 1. The van der Waals surface area contributed by atoms with Crippen molar-refractivity contribution in [1.82, 2.24) is 0 Å². The number of carbonyl (C=O) groups excluding carboxylic acids is 1. The summed E-state index contributed by atoms with van der Waals surface area (Å²) in [5, 5.41) is 3.52. The molecular weight excluding hydrogens is 322 g/mol. The standard InChI is InChI=1S/C12H12ClNO6S/c1-6-19-11(14-20-6)9-8(21(3,16)17)5-4-7(10(9)13)12(15)18-2/h4-6H,1-3H3. The molecule has 0 aliphatic carbocycles. The number of benzene rings is 1. The molecule has 1 aromatic rings. The summed E-state index contributed by atoms with van der Waals surface area (Å²) in [5.74, 6) is -0.799. The van der Waals surface area contributed by atoms with Gasteiger partial charge in [0.25, 0.3) is 12.2 Å². The quantitative estimate of drug-likeness (QED) is 0.780. The number of sulfone groups is 1. The Labute approximate surface area is 126 Å². The highest BCUT2D eigenvalue weighted by Gasteiger charge is 2.30. The summed E-state index contributed by atoms with van der Waals surface area (Å²) < 4.78 is 33.6. The summed E-state index contributed by atoms with van der Waals surface area (Å²) >= 11 is 6.14. The van der Waals surface area contributed by atoms with Gasteiger partial charge < -0.3 is 14.3 Å². The SMILES string of the molecule is COC(=O)c1ccc(S(C)(=O)=O)c(C2=NOC(C)O2)c1Cl. The Bertz CT molecular complexity index is 728. The van der Waals surface area contributed by atoms with Crippen LogP contribution in [0.25, 0.3) is 0 Å². The first-order valence-corrected chi connectivity index (χ1v) is 8.04. The number of nitrogens with zero attached hydrogens (tertiary/aromatic N) is 1. The van der Waals surface area contributed by atoms with Crippen molar-refractivity contribution < 1.29 is 27.5 Å². The van der Waals surface area contributed by atoms with E-state index in [4.69, 9.17) is 21.2 Å². The summed E-state index contributed by atoms with van der Waals surface area (Å²) in [7, 11) is -2.42. The Kier molecular flexibility index (Phi) is 4.11. The molecule has 1 unspecified atom stereocenters. The lowest BCUT2D eigenvalue weighted by atomic mass is 10.1. The van der Waals surface area contributed by atoms with Crippen LogP contribution in [0.3, 0.4) is 0 Å². The minimum absolute atomic E-state index is 0.00687. The topological polar surface area (TPSA) is 91.3 Å². The van der Waals surface area contributed by atoms with Gasteiger partial charge in [-0.2, -0.15) is 0 Å². The van der Waals surface area contributed by atoms with Crippen LogP contribution in [0.5, 0.6) is 0 Å². The van der Waals surface area contributed by atoms with Gasteiger partial charge >= 0.3 is 5.97 Å². The third kappa shape index (κ3) is 2.96. The summed E-state index contributed by atoms with van der Waals surface area (Å²) in [6.45, 7) is 1.58. The van der Waals surface area contributed by atoms with E-state index in [2.05, 4.69) is 9.89 Å². The maximum Gasteiger partial charge on any atom is 0.339 e. The number of halogens is 1. The second kappa shape index (κ2) is 5.53. The highest BCUT2D eigenvalue weighted by molar-refractivity contribution is 7.90. The summed E-state index contributed by atoms with van der Waals surface area (Å²) in [5.41, 5.74) is -0.0150. The third-order valence-corrected chi connectivity index (χ3v) is 4.22. The second-order valence-corrected chi connectivity index (χ2v) is 6.61. The van der Waals surface area contributed by atoms with Crippen LogP contribution in [0.2, 0.25) is 5.02 Å². The molecule has 0 N–H and O–H groups in total. The van der Waals surface area contributed by atoms with Crippen LogP contribution in [0.4, 0.5) is 0 Å². The zero-order valence-electron chi connectivity index (χ0n) is 11.4. The van der Waals surface area contributed by atoms with E-state index in [1.165, 1.54) is 19.2 Å². The van der Waals surface area contributed by atoms with Crippen LogP contribution in [-0.4, -0.2) is 39.9 Å². The number of rotatable bonds is 3. The fourth-order valence-corrected chi connectivity index (χ4v) is 3.02. The van der Waals surface area contributed by atoms with Gasteiger partial charge in [0.2, 0.25) is 0 Å². The van der Waals surface area contributed by atoms with Crippen LogP contribution < -0.4 is 0 Å². The van der Waals surface area contributed by atoms with Gasteiger partial charge in [0, 0.05) is 13.2 Å².